The number of nitrogens with zero attached hydrogens (tertiary/aromatic N) is 1. The average molecular weight is 301 g/mol. The lowest BCUT2D eigenvalue weighted by Crippen LogP contribution is -2.15. The molecule has 8 heteroatoms. The molecular weight excluding hydrogens is 282 g/mol. The van der Waals surface area contributed by atoms with Crippen molar-refractivity contribution in [3.8, 4) is 0 Å². The van der Waals surface area contributed by atoms with Gasteiger partial charge < -0.3 is 15.8 Å². The van der Waals surface area contributed by atoms with Crippen molar-refractivity contribution in [2.45, 2.75) is 13.3 Å². The zero-order chi connectivity index (χ0) is 15.2. The molecule has 1 heterocycles. The molecule has 0 aliphatic heterocycles. The molecule has 0 unspecified atom stereocenters. The predicted molar refractivity (Wildman–Crippen MR) is 77.4 cm³/mol. The van der Waals surface area contributed by atoms with E-state index in [1.54, 1.807) is 6.92 Å². The molecule has 0 aliphatic rings. The summed E-state index contributed by atoms with van der Waals surface area (Å²) in [5, 5.41) is 2.92. The third-order valence-corrected chi connectivity index (χ3v) is 3.42. The SMILES string of the molecule is CCOC(=O)c1cc(N)cnc1NCCCS(C)(=O)=O. The maximum Gasteiger partial charge on any atom is 0.341 e. The number of aromatic nitrogens is 1. The maximum atomic E-state index is 11.8. The van der Waals surface area contributed by atoms with E-state index in [9.17, 15) is 13.2 Å². The zero-order valence-corrected chi connectivity index (χ0v) is 12.4. The molecule has 3 N–H and O–H groups in total. The smallest absolute Gasteiger partial charge is 0.341 e. The van der Waals surface area contributed by atoms with Gasteiger partial charge >= 0.3 is 5.97 Å². The van der Waals surface area contributed by atoms with E-state index in [1.807, 2.05) is 0 Å². The average Bonchev–Trinajstić information content (AvgIpc) is 2.35. The number of carbonyl (C=O) groups is 1. The highest BCUT2D eigenvalue weighted by Crippen LogP contribution is 2.16. The van der Waals surface area contributed by atoms with Crippen LogP contribution in [0.25, 0.3) is 0 Å². The minimum absolute atomic E-state index is 0.0731. The van der Waals surface area contributed by atoms with Gasteiger partial charge in [-0.25, -0.2) is 18.2 Å². The molecule has 0 aromatic carbocycles. The molecular formula is C12H19N3O4S. The van der Waals surface area contributed by atoms with E-state index >= 15 is 0 Å². The van der Waals surface area contributed by atoms with Crippen LogP contribution in [0.2, 0.25) is 0 Å². The van der Waals surface area contributed by atoms with E-state index < -0.39 is 15.8 Å². The van der Waals surface area contributed by atoms with Crippen molar-refractivity contribution in [2.24, 2.45) is 0 Å². The summed E-state index contributed by atoms with van der Waals surface area (Å²) in [5.74, 6) is -0.104. The van der Waals surface area contributed by atoms with Crippen LogP contribution < -0.4 is 11.1 Å². The van der Waals surface area contributed by atoms with Gasteiger partial charge in [0.2, 0.25) is 0 Å². The molecule has 112 valence electrons. The van der Waals surface area contributed by atoms with Gasteiger partial charge in [0.05, 0.1) is 24.2 Å². The van der Waals surface area contributed by atoms with E-state index in [0.29, 0.717) is 24.5 Å². The summed E-state index contributed by atoms with van der Waals surface area (Å²) in [6.07, 6.45) is 3.02. The number of anilines is 2. The Morgan fingerprint density at radius 1 is 1.50 bits per heavy atom. The molecule has 0 fully saturated rings. The molecule has 20 heavy (non-hydrogen) atoms. The summed E-state index contributed by atoms with van der Waals surface area (Å²) < 4.78 is 26.9. The van der Waals surface area contributed by atoms with Crippen molar-refractivity contribution in [2.75, 3.05) is 36.2 Å². The molecule has 0 aliphatic carbocycles. The Morgan fingerprint density at radius 2 is 2.20 bits per heavy atom. The highest BCUT2D eigenvalue weighted by atomic mass is 32.2. The van der Waals surface area contributed by atoms with Crippen molar-refractivity contribution < 1.29 is 17.9 Å². The number of nitrogens with two attached hydrogens (primary N) is 1. The molecule has 1 aromatic heterocycles. The fourth-order valence-corrected chi connectivity index (χ4v) is 2.20. The molecule has 0 radical (unpaired) electrons. The minimum Gasteiger partial charge on any atom is -0.462 e. The molecule has 0 saturated carbocycles. The summed E-state index contributed by atoms with van der Waals surface area (Å²) in [7, 11) is -2.99. The number of esters is 1. The Morgan fingerprint density at radius 3 is 2.80 bits per heavy atom. The Kier molecular flexibility index (Phi) is 5.75. The van der Waals surface area contributed by atoms with E-state index in [-0.39, 0.29) is 17.9 Å². The van der Waals surface area contributed by atoms with Gasteiger partial charge in [0.1, 0.15) is 21.2 Å². The van der Waals surface area contributed by atoms with Crippen molar-refractivity contribution in [1.29, 1.82) is 0 Å². The maximum absolute atomic E-state index is 11.8. The Balaban J connectivity index is 2.71. The van der Waals surface area contributed by atoms with Crippen molar-refractivity contribution >= 4 is 27.3 Å². The van der Waals surface area contributed by atoms with E-state index in [1.165, 1.54) is 18.5 Å². The molecule has 0 spiro atoms. The number of ether oxygens (including phenoxy) is 1. The van der Waals surface area contributed by atoms with Crippen LogP contribution in [0, 0.1) is 0 Å². The Bertz CT molecular complexity index is 572. The largest absolute Gasteiger partial charge is 0.462 e. The lowest BCUT2D eigenvalue weighted by atomic mass is 10.2. The fraction of sp³-hybridized carbons (Fsp3) is 0.500. The summed E-state index contributed by atoms with van der Waals surface area (Å²) in [5.41, 5.74) is 6.19. The summed E-state index contributed by atoms with van der Waals surface area (Å²) in [6, 6.07) is 1.48. The number of pyridine rings is 1. The standard InChI is InChI=1S/C12H19N3O4S/c1-3-19-12(16)10-7-9(13)8-15-11(10)14-5-4-6-20(2,17)18/h7-8H,3-6,13H2,1-2H3,(H,14,15). The summed E-state index contributed by atoms with van der Waals surface area (Å²) in [4.78, 5) is 15.8. The zero-order valence-electron chi connectivity index (χ0n) is 11.5. The fourth-order valence-electron chi connectivity index (χ4n) is 1.53. The second-order valence-electron chi connectivity index (χ2n) is 4.30. The number of nitrogens with one attached hydrogen (secondary N) is 1. The van der Waals surface area contributed by atoms with Crippen LogP contribution in [0.5, 0.6) is 0 Å². The van der Waals surface area contributed by atoms with Gasteiger partial charge in [-0.2, -0.15) is 0 Å². The van der Waals surface area contributed by atoms with E-state index in [2.05, 4.69) is 10.3 Å². The van der Waals surface area contributed by atoms with Crippen molar-refractivity contribution in [1.82, 2.24) is 4.98 Å². The number of hydrogen-bond acceptors (Lipinski definition) is 7. The lowest BCUT2D eigenvalue weighted by molar-refractivity contribution is 0.0527. The first-order valence-electron chi connectivity index (χ1n) is 6.17. The third kappa shape index (κ3) is 5.43. The minimum atomic E-state index is -2.99. The van der Waals surface area contributed by atoms with Crippen LogP contribution in [0.15, 0.2) is 12.3 Å². The lowest BCUT2D eigenvalue weighted by Gasteiger charge is -2.10. The van der Waals surface area contributed by atoms with Crippen LogP contribution in [0.4, 0.5) is 11.5 Å². The number of sulfone groups is 1. The topological polar surface area (TPSA) is 111 Å². The first-order valence-corrected chi connectivity index (χ1v) is 8.23. The van der Waals surface area contributed by atoms with Gasteiger partial charge in [-0.15, -0.1) is 0 Å². The molecule has 7 nitrogen and oxygen atoms in total. The summed E-state index contributed by atoms with van der Waals surface area (Å²) >= 11 is 0. The van der Waals surface area contributed by atoms with Gasteiger partial charge in [-0.3, -0.25) is 0 Å². The van der Waals surface area contributed by atoms with Gasteiger partial charge in [-0.05, 0) is 19.4 Å². The van der Waals surface area contributed by atoms with E-state index in [0.717, 1.165) is 0 Å². The van der Waals surface area contributed by atoms with Gasteiger partial charge in [0.15, 0.2) is 0 Å². The van der Waals surface area contributed by atoms with Crippen LogP contribution in [-0.4, -0.2) is 44.5 Å². The third-order valence-electron chi connectivity index (χ3n) is 2.39. The number of hydrogen-bond donors (Lipinski definition) is 2. The normalized spacial score (nSPS) is 11.1. The van der Waals surface area contributed by atoms with Gasteiger partial charge in [-0.1, -0.05) is 0 Å². The first-order chi connectivity index (χ1) is 9.33. The van der Waals surface area contributed by atoms with Crippen molar-refractivity contribution in [3.05, 3.63) is 17.8 Å². The summed E-state index contributed by atoms with van der Waals surface area (Å²) in [6.45, 7) is 2.34. The molecule has 0 amide bonds. The van der Waals surface area contributed by atoms with Gasteiger partial charge in [0.25, 0.3) is 0 Å². The van der Waals surface area contributed by atoms with Crippen LogP contribution >= 0.6 is 0 Å². The first kappa shape index (κ1) is 16.2. The molecule has 1 aromatic rings. The molecule has 1 rings (SSSR count). The Hall–Kier alpha value is -1.83. The van der Waals surface area contributed by atoms with E-state index in [4.69, 9.17) is 10.5 Å². The quantitative estimate of drug-likeness (QED) is 0.563. The Labute approximate surface area is 118 Å². The predicted octanol–water partition coefficient (Wildman–Crippen LogP) is 0.687. The molecule has 0 atom stereocenters. The monoisotopic (exact) mass is 301 g/mol. The second-order valence-corrected chi connectivity index (χ2v) is 6.56. The highest BCUT2D eigenvalue weighted by Gasteiger charge is 2.14. The number of nitrogen functional groups attached to an aromatic ring is 1. The second kappa shape index (κ2) is 7.09. The van der Waals surface area contributed by atoms with Crippen LogP contribution in [0.3, 0.4) is 0 Å². The highest BCUT2D eigenvalue weighted by molar-refractivity contribution is 7.90. The van der Waals surface area contributed by atoms with Crippen LogP contribution in [-0.2, 0) is 14.6 Å². The number of carbonyl (C=O) groups excluding carboxylic acids is 1. The molecule has 0 bridgehead atoms. The number of rotatable bonds is 7. The van der Waals surface area contributed by atoms with Crippen LogP contribution in [0.1, 0.15) is 23.7 Å². The van der Waals surface area contributed by atoms with Crippen molar-refractivity contribution in [3.63, 3.8) is 0 Å². The van der Waals surface area contributed by atoms with Gasteiger partial charge in [0, 0.05) is 12.8 Å². The molecule has 0 saturated heterocycles.